The number of anilines is 2. The lowest BCUT2D eigenvalue weighted by Crippen LogP contribution is -2.18. The van der Waals surface area contributed by atoms with Crippen molar-refractivity contribution in [1.29, 1.82) is 0 Å². The molecule has 0 aliphatic heterocycles. The molecule has 0 spiro atoms. The molecule has 0 fully saturated rings. The molecule has 0 amide bonds. The minimum Gasteiger partial charge on any atom is -0.497 e. The Morgan fingerprint density at radius 3 is 2.80 bits per heavy atom. The number of ether oxygens (including phenoxy) is 1. The van der Waals surface area contributed by atoms with Crippen LogP contribution in [0.1, 0.15) is 5.56 Å². The van der Waals surface area contributed by atoms with E-state index in [-0.39, 0.29) is 0 Å². The summed E-state index contributed by atoms with van der Waals surface area (Å²) in [6.45, 7) is 0.724. The Kier molecular flexibility index (Phi) is 4.68. The number of benzene rings is 1. The van der Waals surface area contributed by atoms with E-state index in [0.29, 0.717) is 11.0 Å². The fraction of sp³-hybridized carbons (Fsp3) is 0.286. The number of aromatic nitrogens is 2. The van der Waals surface area contributed by atoms with Crippen molar-refractivity contribution in [3.8, 4) is 5.75 Å². The van der Waals surface area contributed by atoms with E-state index >= 15 is 0 Å². The summed E-state index contributed by atoms with van der Waals surface area (Å²) in [5.74, 6) is 2.14. The van der Waals surface area contributed by atoms with E-state index < -0.39 is 0 Å². The highest BCUT2D eigenvalue weighted by Gasteiger charge is 2.08. The topological polar surface area (TPSA) is 64.3 Å². The third-order valence-electron chi connectivity index (χ3n) is 2.84. The van der Waals surface area contributed by atoms with Crippen LogP contribution in [-0.4, -0.2) is 30.4 Å². The Balaban J connectivity index is 2.18. The molecular weight excluding hydrogens is 272 g/mol. The minimum atomic E-state index is 0.483. The number of nitrogen functional groups attached to an aromatic ring is 1. The largest absolute Gasteiger partial charge is 0.497 e. The minimum absolute atomic E-state index is 0.483. The van der Waals surface area contributed by atoms with Gasteiger partial charge in [-0.25, -0.2) is 9.97 Å². The second kappa shape index (κ2) is 6.47. The van der Waals surface area contributed by atoms with Gasteiger partial charge in [-0.1, -0.05) is 23.9 Å². The Hall–Kier alpha value is -1.95. The molecule has 2 aromatic rings. The lowest BCUT2D eigenvalue weighted by atomic mass is 10.2. The summed E-state index contributed by atoms with van der Waals surface area (Å²) in [7, 11) is 3.64. The number of methoxy groups -OCH3 is 1. The van der Waals surface area contributed by atoms with E-state index in [0.717, 1.165) is 23.7 Å². The second-order valence-electron chi connectivity index (χ2n) is 4.35. The second-order valence-corrected chi connectivity index (χ2v) is 5.12. The van der Waals surface area contributed by atoms with E-state index in [9.17, 15) is 0 Å². The van der Waals surface area contributed by atoms with Crippen LogP contribution < -0.4 is 15.4 Å². The molecule has 1 heterocycles. The molecule has 0 saturated heterocycles. The van der Waals surface area contributed by atoms with Gasteiger partial charge in [0.2, 0.25) is 0 Å². The average molecular weight is 290 g/mol. The molecule has 5 nitrogen and oxygen atoms in total. The van der Waals surface area contributed by atoms with Crippen LogP contribution in [0.2, 0.25) is 0 Å². The van der Waals surface area contributed by atoms with Gasteiger partial charge in [0.1, 0.15) is 17.4 Å². The van der Waals surface area contributed by atoms with Crippen molar-refractivity contribution in [3.63, 3.8) is 0 Å². The number of nitrogens with zero attached hydrogens (tertiary/aromatic N) is 3. The molecular formula is C14H18N4OS. The maximum absolute atomic E-state index is 5.80. The van der Waals surface area contributed by atoms with Crippen LogP contribution in [0.5, 0.6) is 5.75 Å². The highest BCUT2D eigenvalue weighted by molar-refractivity contribution is 7.98. The summed E-state index contributed by atoms with van der Waals surface area (Å²) >= 11 is 1.48. The Morgan fingerprint density at radius 1 is 1.30 bits per heavy atom. The Morgan fingerprint density at radius 2 is 2.10 bits per heavy atom. The van der Waals surface area contributed by atoms with E-state index in [4.69, 9.17) is 10.5 Å². The number of rotatable bonds is 5. The molecule has 1 aromatic carbocycles. The highest BCUT2D eigenvalue weighted by atomic mass is 32.2. The van der Waals surface area contributed by atoms with Gasteiger partial charge in [-0.05, 0) is 24.0 Å². The lowest BCUT2D eigenvalue weighted by molar-refractivity contribution is 0.414. The van der Waals surface area contributed by atoms with Gasteiger partial charge in [0.05, 0.1) is 7.11 Å². The molecule has 0 radical (unpaired) electrons. The van der Waals surface area contributed by atoms with Gasteiger partial charge < -0.3 is 15.4 Å². The molecule has 20 heavy (non-hydrogen) atoms. The van der Waals surface area contributed by atoms with Gasteiger partial charge in [0.25, 0.3) is 0 Å². The first kappa shape index (κ1) is 14.5. The van der Waals surface area contributed by atoms with Crippen LogP contribution in [0.15, 0.2) is 35.5 Å². The normalized spacial score (nSPS) is 10.3. The zero-order valence-electron chi connectivity index (χ0n) is 11.8. The first-order valence-corrected chi connectivity index (χ1v) is 7.37. The van der Waals surface area contributed by atoms with Gasteiger partial charge in [-0.2, -0.15) is 0 Å². The fourth-order valence-electron chi connectivity index (χ4n) is 1.84. The van der Waals surface area contributed by atoms with E-state index in [1.54, 1.807) is 13.2 Å². The van der Waals surface area contributed by atoms with Crippen molar-refractivity contribution < 1.29 is 4.74 Å². The first-order chi connectivity index (χ1) is 9.62. The predicted molar refractivity (Wildman–Crippen MR) is 83.3 cm³/mol. The molecule has 0 bridgehead atoms. The van der Waals surface area contributed by atoms with Crippen LogP contribution >= 0.6 is 11.8 Å². The van der Waals surface area contributed by atoms with Crippen LogP contribution in [-0.2, 0) is 6.54 Å². The number of hydrogen-bond donors (Lipinski definition) is 1. The zero-order valence-corrected chi connectivity index (χ0v) is 12.6. The molecule has 106 valence electrons. The average Bonchev–Trinajstić information content (AvgIpc) is 2.46. The number of hydrogen-bond acceptors (Lipinski definition) is 6. The van der Waals surface area contributed by atoms with Gasteiger partial charge in [-0.3, -0.25) is 0 Å². The van der Waals surface area contributed by atoms with Gasteiger partial charge in [0, 0.05) is 19.7 Å². The lowest BCUT2D eigenvalue weighted by Gasteiger charge is -2.19. The molecule has 0 atom stereocenters. The van der Waals surface area contributed by atoms with Gasteiger partial charge >= 0.3 is 0 Å². The quantitative estimate of drug-likeness (QED) is 0.674. The van der Waals surface area contributed by atoms with Crippen molar-refractivity contribution in [2.24, 2.45) is 0 Å². The van der Waals surface area contributed by atoms with E-state index in [1.165, 1.54) is 11.8 Å². The third-order valence-corrected chi connectivity index (χ3v) is 3.39. The van der Waals surface area contributed by atoms with Crippen molar-refractivity contribution in [3.05, 3.63) is 35.9 Å². The zero-order chi connectivity index (χ0) is 14.5. The molecule has 0 unspecified atom stereocenters. The fourth-order valence-corrected chi connectivity index (χ4v) is 2.22. The molecule has 6 heteroatoms. The van der Waals surface area contributed by atoms with Crippen molar-refractivity contribution >= 4 is 23.4 Å². The highest BCUT2D eigenvalue weighted by Crippen LogP contribution is 2.20. The van der Waals surface area contributed by atoms with E-state index in [2.05, 4.69) is 16.0 Å². The third kappa shape index (κ3) is 3.54. The first-order valence-electron chi connectivity index (χ1n) is 6.15. The van der Waals surface area contributed by atoms with Crippen LogP contribution in [0.25, 0.3) is 0 Å². The summed E-state index contributed by atoms with van der Waals surface area (Å²) in [5.41, 5.74) is 6.95. The molecule has 0 aliphatic carbocycles. The standard InChI is InChI=1S/C14H18N4OS/c1-18(9-10-5-4-6-11(7-10)19-2)13-8-12(15)16-14(17-13)20-3/h4-8H,9H2,1-3H3,(H2,15,16,17). The molecule has 0 saturated carbocycles. The summed E-state index contributed by atoms with van der Waals surface area (Å²) < 4.78 is 5.23. The van der Waals surface area contributed by atoms with Crippen molar-refractivity contribution in [1.82, 2.24) is 9.97 Å². The predicted octanol–water partition coefficient (Wildman–Crippen LogP) is 2.43. The smallest absolute Gasteiger partial charge is 0.191 e. The maximum atomic E-state index is 5.80. The summed E-state index contributed by atoms with van der Waals surface area (Å²) in [6.07, 6.45) is 1.93. The molecule has 0 aliphatic rings. The summed E-state index contributed by atoms with van der Waals surface area (Å²) in [4.78, 5) is 10.6. The van der Waals surface area contributed by atoms with Crippen LogP contribution in [0, 0.1) is 0 Å². The van der Waals surface area contributed by atoms with Crippen molar-refractivity contribution in [2.45, 2.75) is 11.7 Å². The Bertz CT molecular complexity index is 591. The van der Waals surface area contributed by atoms with E-state index in [1.807, 2.05) is 36.4 Å². The SMILES string of the molecule is COc1cccc(CN(C)c2cc(N)nc(SC)n2)c1. The molecule has 2 N–H and O–H groups in total. The monoisotopic (exact) mass is 290 g/mol. The number of nitrogens with two attached hydrogens (primary N) is 1. The molecule has 2 rings (SSSR count). The Labute approximate surface area is 123 Å². The van der Waals surface area contributed by atoms with Gasteiger partial charge in [0.15, 0.2) is 5.16 Å². The number of thioether (sulfide) groups is 1. The molecule has 1 aromatic heterocycles. The van der Waals surface area contributed by atoms with Crippen LogP contribution in [0.3, 0.4) is 0 Å². The van der Waals surface area contributed by atoms with Crippen molar-refractivity contribution in [2.75, 3.05) is 31.0 Å². The maximum Gasteiger partial charge on any atom is 0.191 e. The van der Waals surface area contributed by atoms with Gasteiger partial charge in [-0.15, -0.1) is 0 Å². The summed E-state index contributed by atoms with van der Waals surface area (Å²) in [5, 5.41) is 0.678. The summed E-state index contributed by atoms with van der Waals surface area (Å²) in [6, 6.07) is 9.75. The van der Waals surface area contributed by atoms with Crippen LogP contribution in [0.4, 0.5) is 11.6 Å².